The summed E-state index contributed by atoms with van der Waals surface area (Å²) in [5.74, 6) is 0.0413. The van der Waals surface area contributed by atoms with Crippen molar-refractivity contribution in [2.75, 3.05) is 17.5 Å². The van der Waals surface area contributed by atoms with Gasteiger partial charge in [-0.3, -0.25) is 9.10 Å². The van der Waals surface area contributed by atoms with Crippen molar-refractivity contribution < 1.29 is 17.9 Å². The van der Waals surface area contributed by atoms with Crippen LogP contribution in [0.4, 0.5) is 5.69 Å². The molecule has 1 amide bonds. The van der Waals surface area contributed by atoms with Crippen LogP contribution in [-0.2, 0) is 14.8 Å². The maximum Gasteiger partial charge on any atom is 0.264 e. The molecule has 10 heteroatoms. The third kappa shape index (κ3) is 6.16. The van der Waals surface area contributed by atoms with E-state index in [-0.39, 0.29) is 4.90 Å². The van der Waals surface area contributed by atoms with Gasteiger partial charge in [0.2, 0.25) is 0 Å². The summed E-state index contributed by atoms with van der Waals surface area (Å²) in [6, 6.07) is 16.5. The monoisotopic (exact) mass is 521 g/mol. The molecule has 0 atom stereocenters. The number of benzene rings is 2. The molecule has 0 saturated carbocycles. The molecule has 2 aromatic carbocycles. The van der Waals surface area contributed by atoms with Crippen LogP contribution in [0.2, 0.25) is 0 Å². The average Bonchev–Trinajstić information content (AvgIpc) is 3.27. The number of hydrogen-bond acceptors (Lipinski definition) is 6. The molecule has 0 aliphatic carbocycles. The zero-order valence-corrected chi connectivity index (χ0v) is 19.8. The van der Waals surface area contributed by atoms with Crippen molar-refractivity contribution in [3.63, 3.8) is 0 Å². The maximum atomic E-state index is 13.3. The first-order valence-electron chi connectivity index (χ1n) is 9.26. The molecule has 0 radical (unpaired) electrons. The number of anilines is 1. The minimum atomic E-state index is -4.00. The van der Waals surface area contributed by atoms with Crippen molar-refractivity contribution in [2.24, 2.45) is 5.10 Å². The maximum absolute atomic E-state index is 13.3. The van der Waals surface area contributed by atoms with Crippen molar-refractivity contribution >= 4 is 55.1 Å². The number of nitrogens with one attached hydrogen (secondary N) is 1. The number of halogens is 1. The molecule has 0 saturated heterocycles. The molecule has 3 aromatic rings. The molecular weight excluding hydrogens is 502 g/mol. The van der Waals surface area contributed by atoms with E-state index in [1.54, 1.807) is 36.4 Å². The third-order valence-corrected chi connectivity index (χ3v) is 7.17. The van der Waals surface area contributed by atoms with Crippen LogP contribution < -0.4 is 14.5 Å². The first-order chi connectivity index (χ1) is 14.9. The predicted molar refractivity (Wildman–Crippen MR) is 126 cm³/mol. The molecule has 1 heterocycles. The smallest absolute Gasteiger partial charge is 0.264 e. The second kappa shape index (κ2) is 10.6. The van der Waals surface area contributed by atoms with E-state index in [0.717, 1.165) is 13.7 Å². The van der Waals surface area contributed by atoms with Gasteiger partial charge in [0.15, 0.2) is 0 Å². The van der Waals surface area contributed by atoms with E-state index in [2.05, 4.69) is 26.5 Å². The molecular formula is C21H20BrN3O4S2. The van der Waals surface area contributed by atoms with E-state index in [4.69, 9.17) is 4.74 Å². The number of hydrogen-bond donors (Lipinski definition) is 1. The van der Waals surface area contributed by atoms with Crippen LogP contribution in [0.25, 0.3) is 0 Å². The van der Waals surface area contributed by atoms with Gasteiger partial charge in [0.25, 0.3) is 15.9 Å². The second-order valence-corrected chi connectivity index (χ2v) is 9.96. The standard InChI is InChI=1S/C21H20BrN3O4S2/c1-2-29-18-9-7-17(8-10-18)25(31(27,28)20-11-5-16(22)6-12-20)15-21(26)24-23-14-19-4-3-13-30-19/h3-14H,2,15H2,1H3,(H,24,26). The molecule has 1 N–H and O–H groups in total. The zero-order chi connectivity index (χ0) is 22.3. The van der Waals surface area contributed by atoms with E-state index < -0.39 is 22.5 Å². The average molecular weight is 522 g/mol. The lowest BCUT2D eigenvalue weighted by molar-refractivity contribution is -0.119. The van der Waals surface area contributed by atoms with Crippen molar-refractivity contribution in [1.29, 1.82) is 0 Å². The normalized spacial score (nSPS) is 11.4. The van der Waals surface area contributed by atoms with E-state index in [9.17, 15) is 13.2 Å². The van der Waals surface area contributed by atoms with Crippen LogP contribution in [-0.4, -0.2) is 33.7 Å². The van der Waals surface area contributed by atoms with Gasteiger partial charge in [-0.05, 0) is 66.9 Å². The van der Waals surface area contributed by atoms with Crippen molar-refractivity contribution in [1.82, 2.24) is 5.43 Å². The van der Waals surface area contributed by atoms with Gasteiger partial charge in [-0.1, -0.05) is 22.0 Å². The molecule has 0 spiro atoms. The quantitative estimate of drug-likeness (QED) is 0.336. The highest BCUT2D eigenvalue weighted by Crippen LogP contribution is 2.26. The Hall–Kier alpha value is -2.69. The Bertz CT molecular complexity index is 1130. The largest absolute Gasteiger partial charge is 0.494 e. The number of carbonyl (C=O) groups excluding carboxylic acids is 1. The second-order valence-electron chi connectivity index (χ2n) is 6.20. The lowest BCUT2D eigenvalue weighted by Crippen LogP contribution is -2.39. The summed E-state index contributed by atoms with van der Waals surface area (Å²) < 4.78 is 33.8. The van der Waals surface area contributed by atoms with Crippen molar-refractivity contribution in [3.8, 4) is 5.75 Å². The lowest BCUT2D eigenvalue weighted by atomic mass is 10.3. The van der Waals surface area contributed by atoms with Crippen molar-refractivity contribution in [3.05, 3.63) is 75.4 Å². The first kappa shape index (κ1) is 23.0. The molecule has 162 valence electrons. The molecule has 0 aliphatic heterocycles. The highest BCUT2D eigenvalue weighted by Gasteiger charge is 2.27. The van der Waals surface area contributed by atoms with Gasteiger partial charge >= 0.3 is 0 Å². The van der Waals surface area contributed by atoms with Crippen LogP contribution in [0.15, 0.2) is 80.5 Å². The molecule has 3 rings (SSSR count). The topological polar surface area (TPSA) is 88.1 Å². The Morgan fingerprint density at radius 3 is 2.48 bits per heavy atom. The minimum absolute atomic E-state index is 0.0690. The molecule has 7 nitrogen and oxygen atoms in total. The van der Waals surface area contributed by atoms with E-state index in [1.807, 2.05) is 24.4 Å². The fourth-order valence-corrected chi connectivity index (χ4v) is 4.89. The van der Waals surface area contributed by atoms with Crippen LogP contribution in [0.3, 0.4) is 0 Å². The lowest BCUT2D eigenvalue weighted by Gasteiger charge is -2.24. The number of hydrazone groups is 1. The summed E-state index contributed by atoms with van der Waals surface area (Å²) in [6.45, 7) is 1.91. The van der Waals surface area contributed by atoms with Gasteiger partial charge in [0.1, 0.15) is 12.3 Å². The van der Waals surface area contributed by atoms with Gasteiger partial charge < -0.3 is 4.74 Å². The molecule has 0 bridgehead atoms. The number of rotatable bonds is 9. The number of ether oxygens (including phenoxy) is 1. The summed E-state index contributed by atoms with van der Waals surface area (Å²) >= 11 is 4.77. The molecule has 0 fully saturated rings. The summed E-state index contributed by atoms with van der Waals surface area (Å²) in [5, 5.41) is 5.79. The first-order valence-corrected chi connectivity index (χ1v) is 12.4. The van der Waals surface area contributed by atoms with E-state index >= 15 is 0 Å². The van der Waals surface area contributed by atoms with Crippen LogP contribution >= 0.6 is 27.3 Å². The SMILES string of the molecule is CCOc1ccc(N(CC(=O)NN=Cc2cccs2)S(=O)(=O)c2ccc(Br)cc2)cc1. The third-order valence-electron chi connectivity index (χ3n) is 4.05. The fourth-order valence-electron chi connectivity index (χ4n) is 2.62. The number of sulfonamides is 1. The Morgan fingerprint density at radius 1 is 1.16 bits per heavy atom. The number of amides is 1. The zero-order valence-electron chi connectivity index (χ0n) is 16.6. The molecule has 31 heavy (non-hydrogen) atoms. The highest BCUT2D eigenvalue weighted by atomic mass is 79.9. The fraction of sp³-hybridized carbons (Fsp3) is 0.143. The number of carbonyl (C=O) groups is 1. The Morgan fingerprint density at radius 2 is 1.87 bits per heavy atom. The van der Waals surface area contributed by atoms with Crippen molar-refractivity contribution in [2.45, 2.75) is 11.8 Å². The van der Waals surface area contributed by atoms with Crippen LogP contribution in [0.1, 0.15) is 11.8 Å². The van der Waals surface area contributed by atoms with E-state index in [1.165, 1.54) is 29.7 Å². The summed E-state index contributed by atoms with van der Waals surface area (Å²) in [4.78, 5) is 13.4. The summed E-state index contributed by atoms with van der Waals surface area (Å²) in [6.07, 6.45) is 1.51. The molecule has 0 aliphatic rings. The van der Waals surface area contributed by atoms with Gasteiger partial charge in [-0.25, -0.2) is 13.8 Å². The predicted octanol–water partition coefficient (Wildman–Crippen LogP) is 4.25. The van der Waals surface area contributed by atoms with Crippen LogP contribution in [0, 0.1) is 0 Å². The Labute approximate surface area is 193 Å². The number of thiophene rings is 1. The van der Waals surface area contributed by atoms with Crippen LogP contribution in [0.5, 0.6) is 5.75 Å². The van der Waals surface area contributed by atoms with Gasteiger partial charge in [-0.15, -0.1) is 11.3 Å². The van der Waals surface area contributed by atoms with Gasteiger partial charge in [0, 0.05) is 9.35 Å². The van der Waals surface area contributed by atoms with E-state index in [0.29, 0.717) is 18.0 Å². The summed E-state index contributed by atoms with van der Waals surface area (Å²) in [7, 11) is -4.00. The Kier molecular flexibility index (Phi) is 7.83. The van der Waals surface area contributed by atoms with Gasteiger partial charge in [0.05, 0.1) is 23.4 Å². The van der Waals surface area contributed by atoms with Gasteiger partial charge in [-0.2, -0.15) is 5.10 Å². The minimum Gasteiger partial charge on any atom is -0.494 e. The summed E-state index contributed by atoms with van der Waals surface area (Å²) in [5.41, 5.74) is 2.72. The molecule has 1 aromatic heterocycles. The number of nitrogens with zero attached hydrogens (tertiary/aromatic N) is 2. The Balaban J connectivity index is 1.86. The highest BCUT2D eigenvalue weighted by molar-refractivity contribution is 9.10. The molecule has 0 unspecified atom stereocenters.